The van der Waals surface area contributed by atoms with Gasteiger partial charge in [0.05, 0.1) is 12.8 Å². The molecule has 2 heteroatoms. The van der Waals surface area contributed by atoms with Crippen LogP contribution in [-0.2, 0) is 0 Å². The number of ether oxygens (including phenoxy) is 1. The van der Waals surface area contributed by atoms with E-state index in [1.165, 1.54) is 57.8 Å². The summed E-state index contributed by atoms with van der Waals surface area (Å²) in [6.07, 6.45) is 16.3. The second-order valence-electron chi connectivity index (χ2n) is 5.14. The molecular formula is C17H28NO. The van der Waals surface area contributed by atoms with Crippen molar-refractivity contribution in [3.63, 3.8) is 0 Å². The Bertz CT molecular complexity index is 287. The zero-order valence-electron chi connectivity index (χ0n) is 12.4. The van der Waals surface area contributed by atoms with Crippen molar-refractivity contribution < 1.29 is 4.74 Å². The van der Waals surface area contributed by atoms with E-state index in [-0.39, 0.29) is 0 Å². The quantitative estimate of drug-likeness (QED) is 0.484. The fourth-order valence-corrected chi connectivity index (χ4v) is 2.16. The van der Waals surface area contributed by atoms with Gasteiger partial charge in [0.1, 0.15) is 0 Å². The summed E-state index contributed by atoms with van der Waals surface area (Å²) >= 11 is 0. The SMILES string of the molecule is CCCCCCCCCCCCOc1ccc[c]n1. The Kier molecular flexibility index (Phi) is 10.1. The lowest BCUT2D eigenvalue weighted by Gasteiger charge is -2.04. The van der Waals surface area contributed by atoms with Crippen LogP contribution >= 0.6 is 0 Å². The summed E-state index contributed by atoms with van der Waals surface area (Å²) in [5.74, 6) is 0.693. The van der Waals surface area contributed by atoms with Crippen LogP contribution in [0.15, 0.2) is 18.2 Å². The van der Waals surface area contributed by atoms with Gasteiger partial charge in [-0.3, -0.25) is 0 Å². The lowest BCUT2D eigenvalue weighted by molar-refractivity contribution is 0.293. The summed E-state index contributed by atoms with van der Waals surface area (Å²) in [4.78, 5) is 4.01. The highest BCUT2D eigenvalue weighted by Crippen LogP contribution is 2.11. The normalized spacial score (nSPS) is 10.6. The smallest absolute Gasteiger partial charge is 0.213 e. The Hall–Kier alpha value is -1.05. The first-order valence-electron chi connectivity index (χ1n) is 7.89. The summed E-state index contributed by atoms with van der Waals surface area (Å²) in [5, 5.41) is 0. The molecule has 0 N–H and O–H groups in total. The number of pyridine rings is 1. The second-order valence-corrected chi connectivity index (χ2v) is 5.14. The highest BCUT2D eigenvalue weighted by molar-refractivity contribution is 5.08. The van der Waals surface area contributed by atoms with Gasteiger partial charge in [-0.25, -0.2) is 4.98 Å². The molecule has 0 saturated carbocycles. The molecule has 0 aliphatic heterocycles. The van der Waals surface area contributed by atoms with Crippen LogP contribution in [0.2, 0.25) is 0 Å². The number of hydrogen-bond donors (Lipinski definition) is 0. The molecule has 0 fully saturated rings. The van der Waals surface area contributed by atoms with Crippen molar-refractivity contribution in [2.45, 2.75) is 71.1 Å². The van der Waals surface area contributed by atoms with Crippen molar-refractivity contribution in [1.29, 1.82) is 0 Å². The van der Waals surface area contributed by atoms with Gasteiger partial charge in [-0.05, 0) is 12.5 Å². The monoisotopic (exact) mass is 262 g/mol. The zero-order valence-corrected chi connectivity index (χ0v) is 12.4. The van der Waals surface area contributed by atoms with Gasteiger partial charge in [0.25, 0.3) is 0 Å². The zero-order chi connectivity index (χ0) is 13.6. The van der Waals surface area contributed by atoms with Gasteiger partial charge in [0, 0.05) is 6.07 Å². The summed E-state index contributed by atoms with van der Waals surface area (Å²) in [6.45, 7) is 3.05. The van der Waals surface area contributed by atoms with E-state index in [0.717, 1.165) is 13.0 Å². The van der Waals surface area contributed by atoms with Crippen molar-refractivity contribution in [2.24, 2.45) is 0 Å². The highest BCUT2D eigenvalue weighted by atomic mass is 16.5. The average Bonchev–Trinajstić information content (AvgIpc) is 2.46. The molecule has 0 bridgehead atoms. The van der Waals surface area contributed by atoms with Gasteiger partial charge in [-0.15, -0.1) is 0 Å². The molecule has 2 nitrogen and oxygen atoms in total. The van der Waals surface area contributed by atoms with Crippen molar-refractivity contribution in [2.75, 3.05) is 6.61 Å². The topological polar surface area (TPSA) is 22.1 Å². The lowest BCUT2D eigenvalue weighted by atomic mass is 10.1. The number of nitrogens with zero attached hydrogens (tertiary/aromatic N) is 1. The van der Waals surface area contributed by atoms with Gasteiger partial charge < -0.3 is 4.74 Å². The maximum atomic E-state index is 5.54. The third-order valence-corrected chi connectivity index (χ3v) is 3.33. The standard InChI is InChI=1S/C17H28NO/c1-2-3-4-5-6-7-8-9-10-13-16-19-17-14-11-12-15-18-17/h11-12,14H,2-10,13,16H2,1H3. The minimum absolute atomic E-state index is 0.693. The van der Waals surface area contributed by atoms with E-state index in [1.54, 1.807) is 6.07 Å². The van der Waals surface area contributed by atoms with E-state index in [0.29, 0.717) is 5.88 Å². The molecule has 0 amide bonds. The minimum Gasteiger partial charge on any atom is -0.478 e. The van der Waals surface area contributed by atoms with Crippen LogP contribution in [0.3, 0.4) is 0 Å². The van der Waals surface area contributed by atoms with E-state index in [9.17, 15) is 0 Å². The van der Waals surface area contributed by atoms with Crippen LogP contribution in [0.25, 0.3) is 0 Å². The summed E-state index contributed by atoms with van der Waals surface area (Å²) < 4.78 is 5.54. The summed E-state index contributed by atoms with van der Waals surface area (Å²) in [6, 6.07) is 5.57. The maximum absolute atomic E-state index is 5.54. The predicted molar refractivity (Wildman–Crippen MR) is 80.4 cm³/mol. The van der Waals surface area contributed by atoms with E-state index in [1.807, 2.05) is 12.1 Å². The molecular weight excluding hydrogens is 234 g/mol. The van der Waals surface area contributed by atoms with E-state index in [4.69, 9.17) is 4.74 Å². The first kappa shape index (κ1) is 16.0. The van der Waals surface area contributed by atoms with E-state index in [2.05, 4.69) is 18.1 Å². The first-order valence-corrected chi connectivity index (χ1v) is 7.89. The van der Waals surface area contributed by atoms with E-state index < -0.39 is 0 Å². The first-order chi connectivity index (χ1) is 9.43. The van der Waals surface area contributed by atoms with Gasteiger partial charge >= 0.3 is 0 Å². The Morgan fingerprint density at radius 2 is 1.58 bits per heavy atom. The largest absolute Gasteiger partial charge is 0.478 e. The fourth-order valence-electron chi connectivity index (χ4n) is 2.16. The molecule has 0 unspecified atom stereocenters. The minimum atomic E-state index is 0.693. The van der Waals surface area contributed by atoms with Gasteiger partial charge in [0.15, 0.2) is 0 Å². The molecule has 1 rings (SSSR count). The van der Waals surface area contributed by atoms with Crippen LogP contribution < -0.4 is 4.74 Å². The van der Waals surface area contributed by atoms with Gasteiger partial charge in [-0.1, -0.05) is 70.8 Å². The number of rotatable bonds is 12. The molecule has 1 heterocycles. The van der Waals surface area contributed by atoms with Crippen LogP contribution in [0.4, 0.5) is 0 Å². The van der Waals surface area contributed by atoms with E-state index >= 15 is 0 Å². The van der Waals surface area contributed by atoms with Crippen molar-refractivity contribution in [1.82, 2.24) is 4.98 Å². The molecule has 0 aromatic carbocycles. The third kappa shape index (κ3) is 9.52. The Morgan fingerprint density at radius 1 is 0.947 bits per heavy atom. The van der Waals surface area contributed by atoms with Crippen molar-refractivity contribution >= 4 is 0 Å². The number of unbranched alkanes of at least 4 members (excludes halogenated alkanes) is 9. The molecule has 0 aliphatic carbocycles. The molecule has 0 aliphatic rings. The lowest BCUT2D eigenvalue weighted by Crippen LogP contribution is -1.98. The molecule has 1 radical (unpaired) electrons. The molecule has 19 heavy (non-hydrogen) atoms. The van der Waals surface area contributed by atoms with Crippen LogP contribution in [-0.4, -0.2) is 11.6 Å². The van der Waals surface area contributed by atoms with Crippen LogP contribution in [0, 0.1) is 6.20 Å². The number of aromatic nitrogens is 1. The maximum Gasteiger partial charge on any atom is 0.213 e. The molecule has 1 aromatic rings. The highest BCUT2D eigenvalue weighted by Gasteiger charge is 1.95. The van der Waals surface area contributed by atoms with Crippen molar-refractivity contribution in [3.8, 4) is 5.88 Å². The Labute approximate surface area is 118 Å². The molecule has 107 valence electrons. The predicted octanol–water partition coefficient (Wildman–Crippen LogP) is 5.18. The van der Waals surface area contributed by atoms with Gasteiger partial charge in [-0.2, -0.15) is 0 Å². The van der Waals surface area contributed by atoms with Crippen molar-refractivity contribution in [3.05, 3.63) is 24.4 Å². The molecule has 1 aromatic heterocycles. The molecule has 0 atom stereocenters. The fraction of sp³-hybridized carbons (Fsp3) is 0.706. The second kappa shape index (κ2) is 12.0. The average molecular weight is 262 g/mol. The van der Waals surface area contributed by atoms with Gasteiger partial charge in [0.2, 0.25) is 5.88 Å². The summed E-state index contributed by atoms with van der Waals surface area (Å²) in [7, 11) is 0. The van der Waals surface area contributed by atoms with Crippen LogP contribution in [0.5, 0.6) is 5.88 Å². The molecule has 0 saturated heterocycles. The Morgan fingerprint density at radius 3 is 2.16 bits per heavy atom. The third-order valence-electron chi connectivity index (χ3n) is 3.33. The molecule has 0 spiro atoms. The summed E-state index contributed by atoms with van der Waals surface area (Å²) in [5.41, 5.74) is 0. The Balaban J connectivity index is 1.79. The van der Waals surface area contributed by atoms with Crippen LogP contribution in [0.1, 0.15) is 71.1 Å². The number of hydrogen-bond acceptors (Lipinski definition) is 2.